The highest BCUT2D eigenvalue weighted by Gasteiger charge is 2.28. The van der Waals surface area contributed by atoms with E-state index >= 15 is 0 Å². The van der Waals surface area contributed by atoms with Gasteiger partial charge in [-0.15, -0.1) is 0 Å². The van der Waals surface area contributed by atoms with E-state index in [2.05, 4.69) is 34.5 Å². The maximum Gasteiger partial charge on any atom is 0.374 e. The van der Waals surface area contributed by atoms with Gasteiger partial charge in [-0.3, -0.25) is 9.35 Å². The van der Waals surface area contributed by atoms with Crippen molar-refractivity contribution in [3.8, 4) is 28.0 Å². The number of aromatic nitrogens is 1. The predicted octanol–water partition coefficient (Wildman–Crippen LogP) is 8.56. The quantitative estimate of drug-likeness (QED) is 0.0597. The van der Waals surface area contributed by atoms with E-state index in [-0.39, 0.29) is 18.1 Å². The van der Waals surface area contributed by atoms with Crippen LogP contribution in [0.3, 0.4) is 0 Å². The summed E-state index contributed by atoms with van der Waals surface area (Å²) in [5.74, 6) is 1.76. The van der Waals surface area contributed by atoms with Crippen LogP contribution in [0.4, 0.5) is 5.69 Å². The monoisotopic (exact) mass is 720 g/mol. The van der Waals surface area contributed by atoms with E-state index in [1.54, 1.807) is 0 Å². The van der Waals surface area contributed by atoms with Crippen LogP contribution in [0.1, 0.15) is 58.3 Å². The number of amides is 1. The van der Waals surface area contributed by atoms with Crippen LogP contribution in [0.15, 0.2) is 119 Å². The molecule has 0 saturated carbocycles. The second-order valence-corrected chi connectivity index (χ2v) is 14.7. The number of aryl methyl sites for hydroxylation is 1. The minimum Gasteiger partial charge on any atom is -0.439 e. The minimum absolute atomic E-state index is 0.0997. The number of fused-ring (bicyclic) bond motifs is 2. The Kier molecular flexibility index (Phi) is 11.9. The largest absolute Gasteiger partial charge is 0.439 e. The number of nitrogens with zero attached hydrogens (tertiary/aromatic N) is 2. The first kappa shape index (κ1) is 36.6. The number of carbonyl (C=O) groups excluding carboxylic acids is 1. The number of oxazole rings is 1. The van der Waals surface area contributed by atoms with E-state index in [0.29, 0.717) is 43.4 Å². The van der Waals surface area contributed by atoms with Crippen LogP contribution < -0.4 is 19.5 Å². The van der Waals surface area contributed by atoms with Crippen LogP contribution in [-0.4, -0.2) is 37.7 Å². The number of ether oxygens (including phenoxy) is 1. The van der Waals surface area contributed by atoms with Crippen LogP contribution in [0, 0.1) is 0 Å². The SMILES string of the molecule is CCCNC(=O)CCCCCN1/C(=C/C(C)=C/c2oc3ccc(-c4ccccc4)cc3[n+]2CCCS(=O)(=O)O)Oc2ccc(-c3ccccc3)cc21. The molecule has 0 fully saturated rings. The summed E-state index contributed by atoms with van der Waals surface area (Å²) in [7, 11) is -4.12. The van der Waals surface area contributed by atoms with Gasteiger partial charge in [0.1, 0.15) is 0 Å². The third kappa shape index (κ3) is 9.37. The number of unbranched alkanes of at least 4 members (excludes halogenated alkanes) is 2. The summed E-state index contributed by atoms with van der Waals surface area (Å²) in [6, 6.07) is 32.5. The zero-order chi connectivity index (χ0) is 36.5. The average Bonchev–Trinajstić information content (AvgIpc) is 3.66. The Morgan fingerprint density at radius 1 is 0.865 bits per heavy atom. The highest BCUT2D eigenvalue weighted by Crippen LogP contribution is 2.42. The van der Waals surface area contributed by atoms with Crippen molar-refractivity contribution < 1.29 is 31.5 Å². The number of allylic oxidation sites excluding steroid dienone is 2. The molecule has 0 aliphatic carbocycles. The lowest BCUT2D eigenvalue weighted by molar-refractivity contribution is -0.677. The standard InChI is InChI=1S/C42H45N3O6S/c1-3-23-43-40(46)18-11-6-12-24-44-36-29-34(32-14-7-4-8-15-32)19-21-38(36)50-41(44)27-31(2)28-42-45(25-13-26-52(47,48)49)37-30-35(20-22-39(37)51-42)33-16-9-5-10-17-33/h4-5,7-10,14-17,19-22,27-30H,3,6,11-13,18,23-26H2,1-2H3,(H-,43,46,47,48,49)/p+1. The van der Waals surface area contributed by atoms with E-state index < -0.39 is 10.1 Å². The van der Waals surface area contributed by atoms with E-state index in [1.165, 1.54) is 0 Å². The van der Waals surface area contributed by atoms with Gasteiger partial charge in [0.15, 0.2) is 12.3 Å². The third-order valence-corrected chi connectivity index (χ3v) is 9.82. The second kappa shape index (κ2) is 16.9. The van der Waals surface area contributed by atoms with E-state index in [0.717, 1.165) is 70.5 Å². The number of benzene rings is 4. The molecule has 0 bridgehead atoms. The molecule has 1 aliphatic rings. The molecule has 10 heteroatoms. The molecule has 0 atom stereocenters. The molecule has 5 aromatic rings. The fraction of sp³-hybridized carbons (Fsp3) is 0.286. The lowest BCUT2D eigenvalue weighted by Gasteiger charge is -2.19. The number of carbonyl (C=O) groups is 1. The predicted molar refractivity (Wildman–Crippen MR) is 206 cm³/mol. The molecule has 0 unspecified atom stereocenters. The average molecular weight is 721 g/mol. The van der Waals surface area contributed by atoms with Crippen LogP contribution in [0.2, 0.25) is 0 Å². The number of anilines is 1. The Morgan fingerprint density at radius 2 is 1.56 bits per heavy atom. The summed E-state index contributed by atoms with van der Waals surface area (Å²) in [6.07, 6.45) is 8.17. The van der Waals surface area contributed by atoms with E-state index in [9.17, 15) is 17.8 Å². The van der Waals surface area contributed by atoms with Crippen molar-refractivity contribution in [3.05, 3.63) is 120 Å². The molecule has 1 aromatic heterocycles. The van der Waals surface area contributed by atoms with Gasteiger partial charge in [0.2, 0.25) is 17.4 Å². The molecule has 0 radical (unpaired) electrons. The van der Waals surface area contributed by atoms with Gasteiger partial charge < -0.3 is 19.4 Å². The zero-order valence-corrected chi connectivity index (χ0v) is 30.6. The normalized spacial score (nSPS) is 13.8. The topological polar surface area (TPSA) is 113 Å². The lowest BCUT2D eigenvalue weighted by Crippen LogP contribution is -2.36. The summed E-state index contributed by atoms with van der Waals surface area (Å²) < 4.78 is 47.4. The molecular formula is C42H46N3O6S+. The van der Waals surface area contributed by atoms with Crippen molar-refractivity contribution in [2.24, 2.45) is 0 Å². The zero-order valence-electron chi connectivity index (χ0n) is 29.8. The molecule has 1 aliphatic heterocycles. The molecule has 52 heavy (non-hydrogen) atoms. The van der Waals surface area contributed by atoms with Crippen molar-refractivity contribution in [1.29, 1.82) is 0 Å². The molecule has 2 N–H and O–H groups in total. The van der Waals surface area contributed by atoms with Gasteiger partial charge in [-0.1, -0.05) is 86.1 Å². The maximum atomic E-state index is 12.1. The first-order chi connectivity index (χ1) is 25.2. The highest BCUT2D eigenvalue weighted by molar-refractivity contribution is 7.85. The molecule has 9 nitrogen and oxygen atoms in total. The third-order valence-electron chi connectivity index (χ3n) is 9.02. The van der Waals surface area contributed by atoms with Crippen LogP contribution in [0.5, 0.6) is 5.75 Å². The summed E-state index contributed by atoms with van der Waals surface area (Å²) >= 11 is 0. The van der Waals surface area contributed by atoms with Gasteiger partial charge in [0.05, 0.1) is 17.5 Å². The highest BCUT2D eigenvalue weighted by atomic mass is 32.2. The minimum atomic E-state index is -4.12. The summed E-state index contributed by atoms with van der Waals surface area (Å²) in [5.41, 5.74) is 7.63. The number of nitrogens with one attached hydrogen (secondary N) is 1. The first-order valence-corrected chi connectivity index (χ1v) is 19.6. The van der Waals surface area contributed by atoms with Crippen LogP contribution in [-0.2, 0) is 21.5 Å². The Morgan fingerprint density at radius 3 is 2.25 bits per heavy atom. The molecule has 1 amide bonds. The molecule has 6 rings (SSSR count). The molecule has 4 aromatic carbocycles. The van der Waals surface area contributed by atoms with Gasteiger partial charge in [-0.05, 0) is 72.2 Å². The molecular weight excluding hydrogens is 675 g/mol. The van der Waals surface area contributed by atoms with Crippen molar-refractivity contribution in [2.75, 3.05) is 23.7 Å². The van der Waals surface area contributed by atoms with Crippen molar-refractivity contribution >= 4 is 38.9 Å². The van der Waals surface area contributed by atoms with Crippen LogP contribution in [0.25, 0.3) is 39.4 Å². The number of hydrogen-bond acceptors (Lipinski definition) is 6. The summed E-state index contributed by atoms with van der Waals surface area (Å²) in [6.45, 7) is 5.77. The summed E-state index contributed by atoms with van der Waals surface area (Å²) in [4.78, 5) is 14.3. The van der Waals surface area contributed by atoms with Gasteiger partial charge in [0, 0.05) is 38.1 Å². The lowest BCUT2D eigenvalue weighted by atomic mass is 10.0. The maximum absolute atomic E-state index is 12.1. The fourth-order valence-electron chi connectivity index (χ4n) is 6.42. The van der Waals surface area contributed by atoms with Crippen LogP contribution >= 0.6 is 0 Å². The van der Waals surface area contributed by atoms with E-state index in [1.807, 2.05) is 103 Å². The number of hydrogen-bond donors (Lipinski definition) is 2. The molecule has 270 valence electrons. The van der Waals surface area contributed by atoms with E-state index in [4.69, 9.17) is 9.15 Å². The second-order valence-electron chi connectivity index (χ2n) is 13.1. The smallest absolute Gasteiger partial charge is 0.374 e. The fourth-order valence-corrected chi connectivity index (χ4v) is 6.91. The Bertz CT molecular complexity index is 2180. The van der Waals surface area contributed by atoms with Crippen molar-refractivity contribution in [1.82, 2.24) is 5.32 Å². The van der Waals surface area contributed by atoms with Gasteiger partial charge in [-0.25, -0.2) is 0 Å². The molecule has 2 heterocycles. The molecule has 0 saturated heterocycles. The first-order valence-electron chi connectivity index (χ1n) is 18.0. The van der Waals surface area contributed by atoms with Gasteiger partial charge >= 0.3 is 5.89 Å². The van der Waals surface area contributed by atoms with Gasteiger partial charge in [0.25, 0.3) is 15.6 Å². The summed E-state index contributed by atoms with van der Waals surface area (Å²) in [5, 5.41) is 2.96. The van der Waals surface area contributed by atoms with Crippen molar-refractivity contribution in [3.63, 3.8) is 0 Å². The van der Waals surface area contributed by atoms with Gasteiger partial charge in [-0.2, -0.15) is 13.0 Å². The molecule has 0 spiro atoms. The Balaban J connectivity index is 1.30. The Hall–Kier alpha value is -5.19. The number of rotatable bonds is 16. The Labute approximate surface area is 306 Å². The van der Waals surface area contributed by atoms with Crippen molar-refractivity contribution in [2.45, 2.75) is 58.9 Å².